The van der Waals surface area contributed by atoms with Crippen LogP contribution in [-0.4, -0.2) is 149 Å². The lowest BCUT2D eigenvalue weighted by Crippen LogP contribution is -2.57. The number of carbonyl (C=O) groups is 10. The fourth-order valence-electron chi connectivity index (χ4n) is 10.2. The van der Waals surface area contributed by atoms with E-state index in [1.165, 1.54) is 13.8 Å². The Kier molecular flexibility index (Phi) is 28.9. The van der Waals surface area contributed by atoms with Crippen molar-refractivity contribution >= 4 is 58.6 Å². The number of carbonyl (C=O) groups excluding carboxylic acids is 10. The van der Waals surface area contributed by atoms with Gasteiger partial charge in [-0.3, -0.25) is 47.9 Å². The fraction of sp³-hybridized carbons (Fsp3) is 0.709. The predicted molar refractivity (Wildman–Crippen MR) is 292 cm³/mol. The van der Waals surface area contributed by atoms with Crippen LogP contribution < -0.4 is 60.6 Å². The molecule has 78 heavy (non-hydrogen) atoms. The van der Waals surface area contributed by atoms with E-state index in [0.717, 1.165) is 19.3 Å². The van der Waals surface area contributed by atoms with Crippen LogP contribution in [0, 0.1) is 29.6 Å². The van der Waals surface area contributed by atoms with Crippen molar-refractivity contribution < 1.29 is 58.2 Å². The standard InChI is InChI=1S/C55H91N11O12/c1-32(2)25-45-54(78)65-44(16-23-59)53(77)64-43(15-22-58)48(72)30-40(34(4)68)51(75)61-24-17-36(49(73)62-41(13-20-56)47(71)28-37(50(74)66-45)26-35-11-7-5-8-12-35)27-46(70)42(14-21-57)63-52(76)39(33(3)67)29-38(69)31-55(60)18-9-6-10-19-55/h5,7-8,11-12,32-34,36-37,39-45,67-68H,6,9-10,13-31,56-60H2,1-4H3,(H,61,75)(H,62,73)(H,63,76)(H,64,77)(H,65,78)(H,66,74)/t33?,34?,36-,37+,39+,40+,41+,42+,43+,44+,45+/m1/s1. The van der Waals surface area contributed by atoms with Gasteiger partial charge in [0.05, 0.1) is 42.2 Å². The Balaban J connectivity index is 2.09. The van der Waals surface area contributed by atoms with E-state index in [1.54, 1.807) is 30.3 Å². The molecule has 0 radical (unpaired) electrons. The SMILES string of the molecule is CC(C)C[C@@H]1NC(=O)[C@@H](Cc2ccccc2)CC(=O)[C@H](CCN)NC(=O)[C@@H](CC(=O)[C@H](CCN)NC(=O)[C@@H](CC(=O)CC2(N)CCCCC2)C(C)O)CCNC(=O)[C@H](C(C)O)CC(=O)[C@H](CCN)NC(=O)[C@H](CCN)NC1=O. The molecule has 0 bridgehead atoms. The highest BCUT2D eigenvalue weighted by Gasteiger charge is 2.38. The van der Waals surface area contributed by atoms with Crippen LogP contribution in [0.1, 0.15) is 136 Å². The number of hydrogen-bond donors (Lipinski definition) is 13. The maximum Gasteiger partial charge on any atom is 0.243 e. The van der Waals surface area contributed by atoms with Gasteiger partial charge in [-0.2, -0.15) is 0 Å². The number of aliphatic hydroxyl groups is 2. The van der Waals surface area contributed by atoms with Gasteiger partial charge >= 0.3 is 0 Å². The molecule has 1 saturated carbocycles. The molecular formula is C55H91N11O12. The molecule has 1 aromatic rings. The highest BCUT2D eigenvalue weighted by Crippen LogP contribution is 2.30. The van der Waals surface area contributed by atoms with Gasteiger partial charge in [-0.05, 0) is 109 Å². The average Bonchev–Trinajstić information content (AvgIpc) is 3.37. The second kappa shape index (κ2) is 33.8. The van der Waals surface area contributed by atoms with E-state index in [2.05, 4.69) is 31.9 Å². The van der Waals surface area contributed by atoms with E-state index in [0.29, 0.717) is 18.4 Å². The zero-order chi connectivity index (χ0) is 58.1. The molecule has 3 rings (SSSR count). The Hall–Kier alpha value is -5.56. The summed E-state index contributed by atoms with van der Waals surface area (Å²) in [6.45, 7) is 5.65. The number of benzene rings is 1. The Morgan fingerprint density at radius 1 is 0.679 bits per heavy atom. The number of rotatable bonds is 23. The summed E-state index contributed by atoms with van der Waals surface area (Å²) in [5.74, 6) is -12.1. The van der Waals surface area contributed by atoms with Gasteiger partial charge in [-0.1, -0.05) is 63.4 Å². The van der Waals surface area contributed by atoms with E-state index in [1.807, 2.05) is 13.8 Å². The average molecular weight is 1100 g/mol. The Labute approximate surface area is 459 Å². The third-order valence-corrected chi connectivity index (χ3v) is 14.8. The van der Waals surface area contributed by atoms with Gasteiger partial charge in [-0.15, -0.1) is 0 Å². The Bertz CT molecular complexity index is 2160. The minimum absolute atomic E-state index is 0.0192. The summed E-state index contributed by atoms with van der Waals surface area (Å²) < 4.78 is 0. The van der Waals surface area contributed by atoms with Gasteiger partial charge in [-0.25, -0.2) is 0 Å². The molecule has 0 aromatic heterocycles. The van der Waals surface area contributed by atoms with Crippen molar-refractivity contribution in [2.24, 2.45) is 58.3 Å². The van der Waals surface area contributed by atoms with Crippen LogP contribution in [0.15, 0.2) is 30.3 Å². The number of amides is 6. The first-order chi connectivity index (χ1) is 36.9. The van der Waals surface area contributed by atoms with Crippen LogP contribution in [0.5, 0.6) is 0 Å². The Morgan fingerprint density at radius 2 is 1.22 bits per heavy atom. The summed E-state index contributed by atoms with van der Waals surface area (Å²) in [7, 11) is 0. The topological polar surface area (TPSA) is 413 Å². The molecule has 1 aromatic carbocycles. The molecule has 23 nitrogen and oxygen atoms in total. The van der Waals surface area contributed by atoms with Crippen molar-refractivity contribution in [3.8, 4) is 0 Å². The number of hydrogen-bond acceptors (Lipinski definition) is 17. The summed E-state index contributed by atoms with van der Waals surface area (Å²) >= 11 is 0. The van der Waals surface area contributed by atoms with Crippen LogP contribution in [-0.2, 0) is 54.4 Å². The lowest BCUT2D eigenvalue weighted by molar-refractivity contribution is -0.137. The summed E-state index contributed by atoms with van der Waals surface area (Å²) in [6, 6.07) is 2.44. The third-order valence-electron chi connectivity index (χ3n) is 14.8. The summed E-state index contributed by atoms with van der Waals surface area (Å²) in [4.78, 5) is 141. The number of Topliss-reactive ketones (excluding diaryl/α,β-unsaturated/α-hetero) is 4. The van der Waals surface area contributed by atoms with Crippen LogP contribution in [0.2, 0.25) is 0 Å². The highest BCUT2D eigenvalue weighted by molar-refractivity contribution is 5.98. The van der Waals surface area contributed by atoms with Crippen molar-refractivity contribution in [1.29, 1.82) is 0 Å². The number of nitrogens with one attached hydrogen (secondary N) is 6. The summed E-state index contributed by atoms with van der Waals surface area (Å²) in [6.07, 6.45) is -1.06. The Morgan fingerprint density at radius 3 is 1.78 bits per heavy atom. The molecular weight excluding hydrogens is 1010 g/mol. The van der Waals surface area contributed by atoms with E-state index in [-0.39, 0.29) is 102 Å². The van der Waals surface area contributed by atoms with Crippen LogP contribution in [0.4, 0.5) is 0 Å². The summed E-state index contributed by atoms with van der Waals surface area (Å²) in [5, 5.41) is 37.7. The van der Waals surface area contributed by atoms with Crippen LogP contribution in [0.3, 0.4) is 0 Å². The quantitative estimate of drug-likeness (QED) is 0.0608. The van der Waals surface area contributed by atoms with Crippen molar-refractivity contribution in [3.05, 3.63) is 35.9 Å². The van der Waals surface area contributed by atoms with Crippen molar-refractivity contribution in [2.45, 2.75) is 185 Å². The summed E-state index contributed by atoms with van der Waals surface area (Å²) in [5.41, 5.74) is 30.2. The molecule has 1 aliphatic heterocycles. The maximum absolute atomic E-state index is 14.6. The van der Waals surface area contributed by atoms with Gasteiger partial charge in [0.25, 0.3) is 0 Å². The second-order valence-electron chi connectivity index (χ2n) is 22.0. The lowest BCUT2D eigenvalue weighted by atomic mass is 9.78. The van der Waals surface area contributed by atoms with Gasteiger partial charge in [0.2, 0.25) is 35.4 Å². The molecule has 2 aliphatic rings. The monoisotopic (exact) mass is 1100 g/mol. The van der Waals surface area contributed by atoms with E-state index in [9.17, 15) is 58.2 Å². The van der Waals surface area contributed by atoms with Crippen molar-refractivity contribution in [3.63, 3.8) is 0 Å². The first kappa shape index (κ1) is 66.7. The molecule has 1 aliphatic carbocycles. The fourth-order valence-corrected chi connectivity index (χ4v) is 10.2. The second-order valence-corrected chi connectivity index (χ2v) is 22.0. The first-order valence-corrected chi connectivity index (χ1v) is 27.8. The number of nitrogens with two attached hydrogens (primary N) is 5. The van der Waals surface area contributed by atoms with Crippen LogP contribution in [0.25, 0.3) is 0 Å². The van der Waals surface area contributed by atoms with Crippen molar-refractivity contribution in [1.82, 2.24) is 31.9 Å². The lowest BCUT2D eigenvalue weighted by Gasteiger charge is -2.33. The first-order valence-electron chi connectivity index (χ1n) is 27.8. The van der Waals surface area contributed by atoms with Gasteiger partial charge in [0, 0.05) is 56.0 Å². The molecule has 0 spiro atoms. The zero-order valence-corrected chi connectivity index (χ0v) is 46.2. The van der Waals surface area contributed by atoms with E-state index in [4.69, 9.17) is 28.7 Å². The predicted octanol–water partition coefficient (Wildman–Crippen LogP) is -1.27. The molecule has 23 heteroatoms. The molecule has 2 fully saturated rings. The number of ketones is 4. The molecule has 1 heterocycles. The third kappa shape index (κ3) is 22.3. The number of aliphatic hydroxyl groups excluding tert-OH is 2. The normalized spacial score (nSPS) is 25.3. The van der Waals surface area contributed by atoms with Crippen LogP contribution >= 0.6 is 0 Å². The molecule has 11 atom stereocenters. The highest BCUT2D eigenvalue weighted by atomic mass is 16.3. The molecule has 18 N–H and O–H groups in total. The van der Waals surface area contributed by atoms with E-state index < -0.39 is 144 Å². The van der Waals surface area contributed by atoms with Gasteiger partial charge < -0.3 is 70.8 Å². The van der Waals surface area contributed by atoms with Crippen molar-refractivity contribution in [2.75, 3.05) is 32.7 Å². The molecule has 438 valence electrons. The smallest absolute Gasteiger partial charge is 0.243 e. The van der Waals surface area contributed by atoms with Gasteiger partial charge in [0.15, 0.2) is 17.3 Å². The minimum atomic E-state index is -1.41. The zero-order valence-electron chi connectivity index (χ0n) is 46.2. The molecule has 6 amide bonds. The molecule has 1 saturated heterocycles. The minimum Gasteiger partial charge on any atom is -0.393 e. The van der Waals surface area contributed by atoms with Gasteiger partial charge in [0.1, 0.15) is 17.9 Å². The maximum atomic E-state index is 14.6. The van der Waals surface area contributed by atoms with E-state index >= 15 is 0 Å². The molecule has 2 unspecified atom stereocenters. The largest absolute Gasteiger partial charge is 0.393 e.